The summed E-state index contributed by atoms with van der Waals surface area (Å²) in [6.07, 6.45) is 3.73. The second kappa shape index (κ2) is 9.56. The summed E-state index contributed by atoms with van der Waals surface area (Å²) in [7, 11) is 1.62. The molecule has 0 aliphatic carbocycles. The highest BCUT2D eigenvalue weighted by atomic mass is 16.5. The molecule has 2 amide bonds. The molecule has 2 rings (SSSR count). The van der Waals surface area contributed by atoms with Crippen LogP contribution in [0.15, 0.2) is 24.3 Å². The maximum atomic E-state index is 12.9. The molecule has 1 N–H and O–H groups in total. The molecular weight excluding hydrogens is 316 g/mol. The van der Waals surface area contributed by atoms with Crippen LogP contribution in [0.25, 0.3) is 0 Å². The van der Waals surface area contributed by atoms with Crippen molar-refractivity contribution in [2.75, 3.05) is 20.2 Å². The highest BCUT2D eigenvalue weighted by Gasteiger charge is 2.30. The molecule has 1 heterocycles. The largest absolute Gasteiger partial charge is 0.380 e. The minimum Gasteiger partial charge on any atom is -0.380 e. The first kappa shape index (κ1) is 19.4. The fourth-order valence-electron chi connectivity index (χ4n) is 3.42. The lowest BCUT2D eigenvalue weighted by Crippen LogP contribution is -2.47. The second-order valence-electron chi connectivity index (χ2n) is 6.88. The second-order valence-corrected chi connectivity index (χ2v) is 6.88. The zero-order valence-corrected chi connectivity index (χ0v) is 15.6. The molecule has 1 aliphatic heterocycles. The van der Waals surface area contributed by atoms with Crippen LogP contribution in [0, 0.1) is 5.92 Å². The van der Waals surface area contributed by atoms with Crippen molar-refractivity contribution in [1.82, 2.24) is 10.2 Å². The molecule has 2 atom stereocenters. The van der Waals surface area contributed by atoms with E-state index in [0.29, 0.717) is 25.3 Å². The molecule has 25 heavy (non-hydrogen) atoms. The van der Waals surface area contributed by atoms with Gasteiger partial charge in [0, 0.05) is 31.8 Å². The van der Waals surface area contributed by atoms with Crippen molar-refractivity contribution in [1.29, 1.82) is 0 Å². The van der Waals surface area contributed by atoms with Gasteiger partial charge in [-0.3, -0.25) is 9.59 Å². The number of rotatable bonds is 7. The van der Waals surface area contributed by atoms with Gasteiger partial charge in [0.25, 0.3) is 5.91 Å². The monoisotopic (exact) mass is 346 g/mol. The molecule has 1 saturated heterocycles. The van der Waals surface area contributed by atoms with E-state index < -0.39 is 0 Å². The first-order valence-corrected chi connectivity index (χ1v) is 9.23. The Morgan fingerprint density at radius 1 is 1.36 bits per heavy atom. The summed E-state index contributed by atoms with van der Waals surface area (Å²) >= 11 is 0. The van der Waals surface area contributed by atoms with Gasteiger partial charge in [0.1, 0.15) is 0 Å². The van der Waals surface area contributed by atoms with Crippen LogP contribution in [0.4, 0.5) is 0 Å². The van der Waals surface area contributed by atoms with Gasteiger partial charge in [-0.2, -0.15) is 0 Å². The third kappa shape index (κ3) is 5.30. The van der Waals surface area contributed by atoms with Crippen LogP contribution in [0.1, 0.15) is 55.5 Å². The Morgan fingerprint density at radius 3 is 2.84 bits per heavy atom. The summed E-state index contributed by atoms with van der Waals surface area (Å²) in [5, 5.41) is 3.08. The van der Waals surface area contributed by atoms with Crippen molar-refractivity contribution in [3.05, 3.63) is 35.4 Å². The Labute approximate surface area is 150 Å². The summed E-state index contributed by atoms with van der Waals surface area (Å²) in [6.45, 7) is 5.75. The van der Waals surface area contributed by atoms with Crippen molar-refractivity contribution in [2.24, 2.45) is 5.92 Å². The zero-order valence-electron chi connectivity index (χ0n) is 15.6. The van der Waals surface area contributed by atoms with E-state index in [1.807, 2.05) is 36.1 Å². The normalized spacial score (nSPS) is 18.7. The topological polar surface area (TPSA) is 58.6 Å². The molecule has 0 spiro atoms. The Hall–Kier alpha value is -1.88. The number of hydrogen-bond donors (Lipinski definition) is 1. The summed E-state index contributed by atoms with van der Waals surface area (Å²) in [5.74, 6) is -0.0537. The van der Waals surface area contributed by atoms with Gasteiger partial charge in [-0.05, 0) is 37.8 Å². The van der Waals surface area contributed by atoms with E-state index >= 15 is 0 Å². The van der Waals surface area contributed by atoms with Gasteiger partial charge in [-0.15, -0.1) is 0 Å². The Kier molecular flexibility index (Phi) is 7.44. The van der Waals surface area contributed by atoms with E-state index in [2.05, 4.69) is 12.2 Å². The third-order valence-electron chi connectivity index (χ3n) is 4.74. The van der Waals surface area contributed by atoms with Crippen LogP contribution in [0.3, 0.4) is 0 Å². The number of carbonyl (C=O) groups is 2. The van der Waals surface area contributed by atoms with Crippen molar-refractivity contribution in [3.8, 4) is 0 Å². The van der Waals surface area contributed by atoms with Gasteiger partial charge in [-0.25, -0.2) is 0 Å². The summed E-state index contributed by atoms with van der Waals surface area (Å²) in [6, 6.07) is 7.71. The molecule has 5 nitrogen and oxygen atoms in total. The Bertz CT molecular complexity index is 588. The highest BCUT2D eigenvalue weighted by molar-refractivity contribution is 5.96. The van der Waals surface area contributed by atoms with Gasteiger partial charge in [0.05, 0.1) is 12.5 Å². The third-order valence-corrected chi connectivity index (χ3v) is 4.74. The minimum atomic E-state index is -0.119. The maximum absolute atomic E-state index is 12.9. The number of piperidine rings is 1. The van der Waals surface area contributed by atoms with E-state index in [1.165, 1.54) is 0 Å². The molecular formula is C20H30N2O3. The van der Waals surface area contributed by atoms with Crippen molar-refractivity contribution in [3.63, 3.8) is 0 Å². The molecule has 1 fully saturated rings. The minimum absolute atomic E-state index is 0.00763. The van der Waals surface area contributed by atoms with Crippen molar-refractivity contribution < 1.29 is 14.3 Å². The van der Waals surface area contributed by atoms with E-state index in [-0.39, 0.29) is 23.8 Å². The van der Waals surface area contributed by atoms with Crippen LogP contribution >= 0.6 is 0 Å². The fourth-order valence-corrected chi connectivity index (χ4v) is 3.42. The molecule has 5 heteroatoms. The number of nitrogens with one attached hydrogen (secondary N) is 1. The average molecular weight is 346 g/mol. The van der Waals surface area contributed by atoms with Crippen molar-refractivity contribution >= 4 is 11.8 Å². The first-order valence-electron chi connectivity index (χ1n) is 9.23. The molecule has 0 saturated carbocycles. The molecule has 1 aliphatic rings. The summed E-state index contributed by atoms with van der Waals surface area (Å²) in [4.78, 5) is 27.2. The number of ether oxygens (including phenoxy) is 1. The van der Waals surface area contributed by atoms with Crippen LogP contribution in [0.2, 0.25) is 0 Å². The Morgan fingerprint density at radius 2 is 2.12 bits per heavy atom. The molecule has 0 bridgehead atoms. The predicted octanol–water partition coefficient (Wildman–Crippen LogP) is 2.99. The first-order chi connectivity index (χ1) is 12.1. The number of likely N-dealkylation sites (tertiary alicyclic amines) is 1. The van der Waals surface area contributed by atoms with Crippen LogP contribution in [-0.4, -0.2) is 43.0 Å². The maximum Gasteiger partial charge on any atom is 0.254 e. The van der Waals surface area contributed by atoms with E-state index in [1.54, 1.807) is 7.11 Å². The van der Waals surface area contributed by atoms with Gasteiger partial charge in [-0.1, -0.05) is 31.5 Å². The number of hydrogen-bond acceptors (Lipinski definition) is 3. The van der Waals surface area contributed by atoms with Crippen LogP contribution in [0.5, 0.6) is 0 Å². The van der Waals surface area contributed by atoms with Crippen LogP contribution in [-0.2, 0) is 16.1 Å². The number of nitrogens with zero attached hydrogens (tertiary/aromatic N) is 1. The SMILES string of the molecule is CCCC(C)NC(=O)C1CCCN(C(=O)c2ccccc2COC)C1. The predicted molar refractivity (Wildman–Crippen MR) is 98.3 cm³/mol. The summed E-state index contributed by atoms with van der Waals surface area (Å²) < 4.78 is 5.20. The van der Waals surface area contributed by atoms with Crippen LogP contribution < -0.4 is 5.32 Å². The lowest BCUT2D eigenvalue weighted by Gasteiger charge is -2.33. The van der Waals surface area contributed by atoms with Gasteiger partial charge >= 0.3 is 0 Å². The number of amides is 2. The lowest BCUT2D eigenvalue weighted by atomic mass is 9.95. The van der Waals surface area contributed by atoms with E-state index in [9.17, 15) is 9.59 Å². The fraction of sp³-hybridized carbons (Fsp3) is 0.600. The van der Waals surface area contributed by atoms with E-state index in [4.69, 9.17) is 4.74 Å². The molecule has 138 valence electrons. The smallest absolute Gasteiger partial charge is 0.254 e. The average Bonchev–Trinajstić information content (AvgIpc) is 2.62. The molecule has 2 unspecified atom stereocenters. The molecule has 1 aromatic carbocycles. The van der Waals surface area contributed by atoms with Gasteiger partial charge in [0.2, 0.25) is 5.91 Å². The summed E-state index contributed by atoms with van der Waals surface area (Å²) in [5.41, 5.74) is 1.56. The number of benzene rings is 1. The quantitative estimate of drug-likeness (QED) is 0.826. The number of methoxy groups -OCH3 is 1. The zero-order chi connectivity index (χ0) is 18.2. The molecule has 0 aromatic heterocycles. The van der Waals surface area contributed by atoms with Crippen molar-refractivity contribution in [2.45, 2.75) is 52.2 Å². The standard InChI is InChI=1S/C20H30N2O3/c1-4-8-15(2)21-19(23)16-10-7-12-22(13-16)20(24)18-11-6-5-9-17(18)14-25-3/h5-6,9,11,15-16H,4,7-8,10,12-14H2,1-3H3,(H,21,23). The highest BCUT2D eigenvalue weighted by Crippen LogP contribution is 2.21. The van der Waals surface area contributed by atoms with E-state index in [0.717, 1.165) is 31.2 Å². The van der Waals surface area contributed by atoms with Gasteiger partial charge < -0.3 is 15.0 Å². The number of carbonyl (C=O) groups excluding carboxylic acids is 2. The molecule has 0 radical (unpaired) electrons. The van der Waals surface area contributed by atoms with Gasteiger partial charge in [0.15, 0.2) is 0 Å². The lowest BCUT2D eigenvalue weighted by molar-refractivity contribution is -0.127. The molecule has 1 aromatic rings. The Balaban J connectivity index is 2.03.